The van der Waals surface area contributed by atoms with Crippen LogP contribution >= 0.6 is 0 Å². The number of amides is 3. The summed E-state index contributed by atoms with van der Waals surface area (Å²) >= 11 is 0. The molecule has 4 aliphatic rings. The molecule has 9 nitrogen and oxygen atoms in total. The predicted molar refractivity (Wildman–Crippen MR) is 152 cm³/mol. The SMILES string of the molecule is COc1cccc(CN2C(=O)[C@H]3[C@H](C(=O)Nc4cccc(OC)c4)[C@H]4C=C[C@@]3(O4)[C@@H]2C(=O)N[C@@H]2CCCC[C@@H]2C)c1. The Morgan fingerprint density at radius 2 is 1.76 bits per heavy atom. The summed E-state index contributed by atoms with van der Waals surface area (Å²) in [7, 11) is 3.15. The van der Waals surface area contributed by atoms with Crippen LogP contribution in [-0.4, -0.2) is 60.6 Å². The number of likely N-dealkylation sites (tertiary alicyclic amines) is 1. The summed E-state index contributed by atoms with van der Waals surface area (Å²) in [5, 5.41) is 6.22. The highest BCUT2D eigenvalue weighted by molar-refractivity contribution is 6.02. The smallest absolute Gasteiger partial charge is 0.246 e. The lowest BCUT2D eigenvalue weighted by Gasteiger charge is -2.36. The number of rotatable bonds is 8. The fourth-order valence-electron chi connectivity index (χ4n) is 7.12. The average Bonchev–Trinajstić information content (AvgIpc) is 3.62. The lowest BCUT2D eigenvalue weighted by Crippen LogP contribution is -2.57. The van der Waals surface area contributed by atoms with Crippen molar-refractivity contribution in [3.63, 3.8) is 0 Å². The maximum Gasteiger partial charge on any atom is 0.246 e. The largest absolute Gasteiger partial charge is 0.497 e. The Bertz CT molecular complexity index is 1380. The molecule has 1 saturated carbocycles. The van der Waals surface area contributed by atoms with Crippen LogP contribution in [0.25, 0.3) is 0 Å². The van der Waals surface area contributed by atoms with Crippen molar-refractivity contribution in [2.75, 3.05) is 19.5 Å². The zero-order valence-corrected chi connectivity index (χ0v) is 23.7. The maximum atomic E-state index is 14.3. The first-order chi connectivity index (χ1) is 19.8. The Hall–Kier alpha value is -3.85. The number of benzene rings is 2. The number of hydrogen-bond acceptors (Lipinski definition) is 6. The first-order valence-corrected chi connectivity index (χ1v) is 14.4. The number of nitrogens with zero attached hydrogens (tertiary/aromatic N) is 1. The highest BCUT2D eigenvalue weighted by atomic mass is 16.5. The third kappa shape index (κ3) is 4.76. The summed E-state index contributed by atoms with van der Waals surface area (Å²) in [5.74, 6) is -0.801. The highest BCUT2D eigenvalue weighted by Crippen LogP contribution is 2.55. The van der Waals surface area contributed by atoms with E-state index in [-0.39, 0.29) is 30.3 Å². The molecule has 3 heterocycles. The molecule has 2 aromatic carbocycles. The van der Waals surface area contributed by atoms with Crippen LogP contribution in [0.2, 0.25) is 0 Å². The van der Waals surface area contributed by atoms with E-state index in [2.05, 4.69) is 17.6 Å². The van der Waals surface area contributed by atoms with Gasteiger partial charge in [-0.15, -0.1) is 0 Å². The Kier molecular flexibility index (Phi) is 7.23. The lowest BCUT2D eigenvalue weighted by atomic mass is 9.74. The van der Waals surface area contributed by atoms with Crippen molar-refractivity contribution in [1.29, 1.82) is 0 Å². The Labute approximate surface area is 240 Å². The second-order valence-electron chi connectivity index (χ2n) is 11.6. The summed E-state index contributed by atoms with van der Waals surface area (Å²) in [4.78, 5) is 43.7. The van der Waals surface area contributed by atoms with E-state index in [1.807, 2.05) is 36.4 Å². The average molecular weight is 560 g/mol. The van der Waals surface area contributed by atoms with Crippen LogP contribution < -0.4 is 20.1 Å². The summed E-state index contributed by atoms with van der Waals surface area (Å²) in [6, 6.07) is 13.7. The number of carbonyl (C=O) groups excluding carboxylic acids is 3. The minimum absolute atomic E-state index is 0.0372. The Morgan fingerprint density at radius 1 is 1.02 bits per heavy atom. The van der Waals surface area contributed by atoms with Gasteiger partial charge < -0.3 is 29.7 Å². The van der Waals surface area contributed by atoms with E-state index >= 15 is 0 Å². The number of methoxy groups -OCH3 is 2. The van der Waals surface area contributed by atoms with Crippen LogP contribution in [0.5, 0.6) is 11.5 Å². The maximum absolute atomic E-state index is 14.3. The first-order valence-electron chi connectivity index (χ1n) is 14.4. The molecule has 0 radical (unpaired) electrons. The molecule has 3 amide bonds. The zero-order chi connectivity index (χ0) is 28.7. The van der Waals surface area contributed by atoms with E-state index < -0.39 is 29.6 Å². The third-order valence-electron chi connectivity index (χ3n) is 9.19. The minimum atomic E-state index is -1.22. The molecule has 2 bridgehead atoms. The molecule has 41 heavy (non-hydrogen) atoms. The summed E-state index contributed by atoms with van der Waals surface area (Å²) < 4.78 is 17.2. The molecule has 6 rings (SSSR count). The Morgan fingerprint density at radius 3 is 2.51 bits per heavy atom. The fraction of sp³-hybridized carbons (Fsp3) is 0.469. The van der Waals surface area contributed by atoms with Gasteiger partial charge in [0.25, 0.3) is 0 Å². The van der Waals surface area contributed by atoms with E-state index in [1.54, 1.807) is 43.4 Å². The molecular formula is C32H37N3O6. The predicted octanol–water partition coefficient (Wildman–Crippen LogP) is 3.69. The summed E-state index contributed by atoms with van der Waals surface area (Å²) in [6.07, 6.45) is 7.25. The number of nitrogens with one attached hydrogen (secondary N) is 2. The van der Waals surface area contributed by atoms with Gasteiger partial charge in [-0.1, -0.05) is 50.1 Å². The van der Waals surface area contributed by atoms with Crippen LogP contribution in [0, 0.1) is 17.8 Å². The molecule has 7 atom stereocenters. The molecule has 3 fully saturated rings. The van der Waals surface area contributed by atoms with Crippen molar-refractivity contribution in [3.05, 3.63) is 66.2 Å². The van der Waals surface area contributed by atoms with Crippen molar-refractivity contribution in [2.45, 2.75) is 62.9 Å². The van der Waals surface area contributed by atoms with Crippen molar-refractivity contribution in [2.24, 2.45) is 17.8 Å². The molecule has 2 aromatic rings. The molecule has 0 unspecified atom stereocenters. The first kappa shape index (κ1) is 27.3. The second kappa shape index (κ2) is 10.9. The van der Waals surface area contributed by atoms with Gasteiger partial charge in [0.05, 0.1) is 32.2 Å². The van der Waals surface area contributed by atoms with Gasteiger partial charge >= 0.3 is 0 Å². The summed E-state index contributed by atoms with van der Waals surface area (Å²) in [6.45, 7) is 2.36. The highest BCUT2D eigenvalue weighted by Gasteiger charge is 2.72. The fourth-order valence-corrected chi connectivity index (χ4v) is 7.12. The van der Waals surface area contributed by atoms with Gasteiger partial charge in [-0.05, 0) is 48.6 Å². The molecule has 1 spiro atoms. The molecule has 1 aliphatic carbocycles. The molecule has 3 aliphatic heterocycles. The number of ether oxygens (including phenoxy) is 3. The van der Waals surface area contributed by atoms with Gasteiger partial charge in [0.15, 0.2) is 0 Å². The molecular weight excluding hydrogens is 522 g/mol. The third-order valence-corrected chi connectivity index (χ3v) is 9.19. The molecule has 2 N–H and O–H groups in total. The van der Waals surface area contributed by atoms with E-state index in [0.29, 0.717) is 23.1 Å². The van der Waals surface area contributed by atoms with Crippen LogP contribution in [-0.2, 0) is 25.7 Å². The Balaban J connectivity index is 1.33. The van der Waals surface area contributed by atoms with Gasteiger partial charge in [-0.3, -0.25) is 14.4 Å². The standard InChI is InChI=1S/C32H37N3O6/c1-19-8-4-5-13-24(19)34-30(37)28-32-15-14-25(41-32)26(29(36)33-21-10-7-12-23(17-21)40-3)27(32)31(38)35(28)18-20-9-6-11-22(16-20)39-2/h6-7,9-12,14-17,19,24-28H,4-5,8,13,18H2,1-3H3,(H,33,36)(H,34,37)/t19-,24+,25+,26+,27+,28-,32-/m0/s1. The van der Waals surface area contributed by atoms with Crippen LogP contribution in [0.4, 0.5) is 5.69 Å². The number of anilines is 1. The van der Waals surface area contributed by atoms with Crippen LogP contribution in [0.15, 0.2) is 60.7 Å². The van der Waals surface area contributed by atoms with Crippen molar-refractivity contribution >= 4 is 23.4 Å². The van der Waals surface area contributed by atoms with Gasteiger partial charge in [-0.25, -0.2) is 0 Å². The topological polar surface area (TPSA) is 106 Å². The zero-order valence-electron chi connectivity index (χ0n) is 23.7. The molecule has 9 heteroatoms. The van der Waals surface area contributed by atoms with Crippen LogP contribution in [0.3, 0.4) is 0 Å². The van der Waals surface area contributed by atoms with Crippen LogP contribution in [0.1, 0.15) is 38.2 Å². The minimum Gasteiger partial charge on any atom is -0.497 e. The van der Waals surface area contributed by atoms with E-state index in [1.165, 1.54) is 0 Å². The number of hydrogen-bond donors (Lipinski definition) is 2. The quantitative estimate of drug-likeness (QED) is 0.478. The van der Waals surface area contributed by atoms with Gasteiger partial charge in [0.2, 0.25) is 17.7 Å². The molecule has 2 saturated heterocycles. The van der Waals surface area contributed by atoms with E-state index in [4.69, 9.17) is 14.2 Å². The van der Waals surface area contributed by atoms with Gasteiger partial charge in [-0.2, -0.15) is 0 Å². The number of carbonyl (C=O) groups is 3. The molecule has 216 valence electrons. The monoisotopic (exact) mass is 559 g/mol. The van der Waals surface area contributed by atoms with E-state index in [0.717, 1.165) is 31.2 Å². The number of fused-ring (bicyclic) bond motifs is 1. The second-order valence-corrected chi connectivity index (χ2v) is 11.6. The van der Waals surface area contributed by atoms with Crippen molar-refractivity contribution < 1.29 is 28.6 Å². The molecule has 0 aromatic heterocycles. The normalized spacial score (nSPS) is 31.6. The van der Waals surface area contributed by atoms with Gasteiger partial charge in [0, 0.05) is 24.3 Å². The summed E-state index contributed by atoms with van der Waals surface area (Å²) in [5.41, 5.74) is 0.169. The van der Waals surface area contributed by atoms with Crippen molar-refractivity contribution in [1.82, 2.24) is 10.2 Å². The van der Waals surface area contributed by atoms with Gasteiger partial charge in [0.1, 0.15) is 23.1 Å². The van der Waals surface area contributed by atoms with Crippen molar-refractivity contribution in [3.8, 4) is 11.5 Å². The van der Waals surface area contributed by atoms with E-state index in [9.17, 15) is 14.4 Å². The lowest BCUT2D eigenvalue weighted by molar-refractivity contribution is -0.142.